The fraction of sp³-hybridized carbons (Fsp3) is 0.364. The van der Waals surface area contributed by atoms with Gasteiger partial charge >= 0.3 is 5.97 Å². The Morgan fingerprint density at radius 2 is 2.31 bits per heavy atom. The highest BCUT2D eigenvalue weighted by atomic mass is 79.9. The van der Waals surface area contributed by atoms with Gasteiger partial charge in [0.2, 0.25) is 0 Å². The smallest absolute Gasteiger partial charge is 0.307 e. The van der Waals surface area contributed by atoms with E-state index in [4.69, 9.17) is 10.5 Å². The fourth-order valence-electron chi connectivity index (χ4n) is 1.27. The Bertz CT molecular complexity index is 381. The number of nitrogens with two attached hydrogens (primary N) is 1. The predicted octanol–water partition coefficient (Wildman–Crippen LogP) is 2.11. The van der Waals surface area contributed by atoms with Crippen molar-refractivity contribution in [2.45, 2.75) is 19.4 Å². The van der Waals surface area contributed by atoms with Crippen LogP contribution in [0.2, 0.25) is 0 Å². The summed E-state index contributed by atoms with van der Waals surface area (Å²) >= 11 is 3.19. The summed E-state index contributed by atoms with van der Waals surface area (Å²) in [5, 5.41) is 9.31. The number of halogens is 1. The van der Waals surface area contributed by atoms with E-state index in [-0.39, 0.29) is 18.1 Å². The summed E-state index contributed by atoms with van der Waals surface area (Å²) in [5.74, 6) is -0.175. The molecular formula is C11H14BrNO3. The Balaban J connectivity index is 2.69. The molecule has 16 heavy (non-hydrogen) atoms. The number of hydrogen-bond donors (Lipinski definition) is 2. The third-order valence-corrected chi connectivity index (χ3v) is 2.73. The Morgan fingerprint density at radius 1 is 1.62 bits per heavy atom. The maximum atomic E-state index is 11.2. The van der Waals surface area contributed by atoms with Crippen LogP contribution < -0.4 is 5.73 Å². The molecule has 0 aliphatic heterocycles. The molecule has 0 unspecified atom stereocenters. The van der Waals surface area contributed by atoms with Gasteiger partial charge in [-0.2, -0.15) is 0 Å². The summed E-state index contributed by atoms with van der Waals surface area (Å²) in [6.45, 7) is 2.10. The fourth-order valence-corrected chi connectivity index (χ4v) is 1.67. The molecule has 0 bridgehead atoms. The van der Waals surface area contributed by atoms with Crippen molar-refractivity contribution in [1.29, 1.82) is 0 Å². The second-order valence-electron chi connectivity index (χ2n) is 3.33. The standard InChI is InChI=1S/C11H14BrNO3/c1-2-16-11(15)6-9(13)7-3-4-10(14)8(12)5-7/h3-5,9,14H,2,6,13H2,1H3/t9-/m1/s1. The summed E-state index contributed by atoms with van der Waals surface area (Å²) in [6.07, 6.45) is 0.130. The molecule has 88 valence electrons. The van der Waals surface area contributed by atoms with Crippen LogP contribution in [-0.4, -0.2) is 17.7 Å². The van der Waals surface area contributed by atoms with Crippen LogP contribution in [0.3, 0.4) is 0 Å². The number of ether oxygens (including phenoxy) is 1. The molecule has 1 atom stereocenters. The Kier molecular flexibility index (Phi) is 4.76. The minimum absolute atomic E-state index is 0.130. The number of esters is 1. The highest BCUT2D eigenvalue weighted by Gasteiger charge is 2.13. The normalized spacial score (nSPS) is 12.2. The lowest BCUT2D eigenvalue weighted by atomic mass is 10.0. The molecule has 0 aliphatic carbocycles. The van der Waals surface area contributed by atoms with Crippen molar-refractivity contribution < 1.29 is 14.6 Å². The third-order valence-electron chi connectivity index (χ3n) is 2.09. The van der Waals surface area contributed by atoms with Crippen LogP contribution in [-0.2, 0) is 9.53 Å². The Labute approximate surface area is 103 Å². The summed E-state index contributed by atoms with van der Waals surface area (Å²) in [6, 6.07) is 4.49. The maximum absolute atomic E-state index is 11.2. The first-order valence-electron chi connectivity index (χ1n) is 4.94. The van der Waals surface area contributed by atoms with Gasteiger partial charge in [0, 0.05) is 6.04 Å². The van der Waals surface area contributed by atoms with E-state index >= 15 is 0 Å². The molecule has 0 aromatic heterocycles. The van der Waals surface area contributed by atoms with Gasteiger partial charge in [-0.05, 0) is 40.5 Å². The third kappa shape index (κ3) is 3.50. The van der Waals surface area contributed by atoms with Crippen molar-refractivity contribution in [2.75, 3.05) is 6.61 Å². The number of hydrogen-bond acceptors (Lipinski definition) is 4. The second-order valence-corrected chi connectivity index (χ2v) is 4.18. The van der Waals surface area contributed by atoms with Crippen LogP contribution in [0.5, 0.6) is 5.75 Å². The van der Waals surface area contributed by atoms with E-state index in [1.807, 2.05) is 0 Å². The quantitative estimate of drug-likeness (QED) is 0.832. The van der Waals surface area contributed by atoms with Gasteiger partial charge in [0.25, 0.3) is 0 Å². The molecule has 0 saturated heterocycles. The van der Waals surface area contributed by atoms with Crippen LogP contribution >= 0.6 is 15.9 Å². The van der Waals surface area contributed by atoms with Gasteiger partial charge in [-0.1, -0.05) is 6.07 Å². The molecule has 0 heterocycles. The van der Waals surface area contributed by atoms with Crippen molar-refractivity contribution in [3.8, 4) is 5.75 Å². The van der Waals surface area contributed by atoms with Crippen molar-refractivity contribution in [2.24, 2.45) is 5.73 Å². The molecule has 5 heteroatoms. The highest BCUT2D eigenvalue weighted by molar-refractivity contribution is 9.10. The molecular weight excluding hydrogens is 274 g/mol. The summed E-state index contributed by atoms with van der Waals surface area (Å²) in [5.41, 5.74) is 6.62. The summed E-state index contributed by atoms with van der Waals surface area (Å²) in [7, 11) is 0. The molecule has 0 spiro atoms. The first kappa shape index (κ1) is 13.0. The number of phenols is 1. The van der Waals surface area contributed by atoms with E-state index in [0.717, 1.165) is 5.56 Å². The molecule has 0 saturated carbocycles. The van der Waals surface area contributed by atoms with Gasteiger partial charge in [0.05, 0.1) is 17.5 Å². The number of carbonyl (C=O) groups is 1. The zero-order valence-corrected chi connectivity index (χ0v) is 10.5. The number of benzene rings is 1. The van der Waals surface area contributed by atoms with E-state index in [9.17, 15) is 9.90 Å². The average Bonchev–Trinajstić information content (AvgIpc) is 2.22. The molecule has 0 amide bonds. The second kappa shape index (κ2) is 5.86. The maximum Gasteiger partial charge on any atom is 0.307 e. The largest absolute Gasteiger partial charge is 0.507 e. The zero-order chi connectivity index (χ0) is 12.1. The first-order valence-corrected chi connectivity index (χ1v) is 5.73. The van der Waals surface area contributed by atoms with Crippen LogP contribution in [0.4, 0.5) is 0 Å². The van der Waals surface area contributed by atoms with Gasteiger partial charge < -0.3 is 15.6 Å². The van der Waals surface area contributed by atoms with Crippen LogP contribution in [0.1, 0.15) is 24.9 Å². The van der Waals surface area contributed by atoms with E-state index < -0.39 is 6.04 Å². The lowest BCUT2D eigenvalue weighted by Gasteiger charge is -2.11. The SMILES string of the molecule is CCOC(=O)C[C@@H](N)c1ccc(O)c(Br)c1. The monoisotopic (exact) mass is 287 g/mol. The van der Waals surface area contributed by atoms with E-state index in [2.05, 4.69) is 15.9 Å². The van der Waals surface area contributed by atoms with Crippen LogP contribution in [0, 0.1) is 0 Å². The topological polar surface area (TPSA) is 72.5 Å². The number of aromatic hydroxyl groups is 1. The summed E-state index contributed by atoms with van der Waals surface area (Å²) < 4.78 is 5.37. The van der Waals surface area contributed by atoms with E-state index in [1.165, 1.54) is 6.07 Å². The molecule has 0 radical (unpaired) electrons. The summed E-state index contributed by atoms with van der Waals surface area (Å²) in [4.78, 5) is 11.2. The van der Waals surface area contributed by atoms with Crippen LogP contribution in [0.25, 0.3) is 0 Å². The molecule has 1 rings (SSSR count). The van der Waals surface area contributed by atoms with E-state index in [1.54, 1.807) is 19.1 Å². The minimum Gasteiger partial charge on any atom is -0.507 e. The molecule has 1 aromatic rings. The average molecular weight is 288 g/mol. The highest BCUT2D eigenvalue weighted by Crippen LogP contribution is 2.27. The number of carbonyl (C=O) groups excluding carboxylic acids is 1. The number of phenolic OH excluding ortho intramolecular Hbond substituents is 1. The van der Waals surface area contributed by atoms with Crippen molar-refractivity contribution in [3.05, 3.63) is 28.2 Å². The van der Waals surface area contributed by atoms with Gasteiger partial charge in [0.1, 0.15) is 5.75 Å². The molecule has 0 fully saturated rings. The lowest BCUT2D eigenvalue weighted by Crippen LogP contribution is -2.17. The van der Waals surface area contributed by atoms with Crippen molar-refractivity contribution in [3.63, 3.8) is 0 Å². The van der Waals surface area contributed by atoms with E-state index in [0.29, 0.717) is 11.1 Å². The zero-order valence-electron chi connectivity index (χ0n) is 8.94. The molecule has 3 N–H and O–H groups in total. The molecule has 1 aromatic carbocycles. The van der Waals surface area contributed by atoms with Gasteiger partial charge in [0.15, 0.2) is 0 Å². The number of rotatable bonds is 4. The van der Waals surface area contributed by atoms with Gasteiger partial charge in [-0.3, -0.25) is 4.79 Å². The Hall–Kier alpha value is -1.07. The molecule has 4 nitrogen and oxygen atoms in total. The molecule has 0 aliphatic rings. The predicted molar refractivity (Wildman–Crippen MR) is 64.0 cm³/mol. The first-order chi connectivity index (χ1) is 7.54. The minimum atomic E-state index is -0.420. The van der Waals surface area contributed by atoms with Crippen LogP contribution in [0.15, 0.2) is 22.7 Å². The lowest BCUT2D eigenvalue weighted by molar-refractivity contribution is -0.143. The Morgan fingerprint density at radius 3 is 2.88 bits per heavy atom. The van der Waals surface area contributed by atoms with Gasteiger partial charge in [-0.15, -0.1) is 0 Å². The van der Waals surface area contributed by atoms with Crippen molar-refractivity contribution in [1.82, 2.24) is 0 Å². The van der Waals surface area contributed by atoms with Gasteiger partial charge in [-0.25, -0.2) is 0 Å². The van der Waals surface area contributed by atoms with Crippen molar-refractivity contribution >= 4 is 21.9 Å².